The number of para-hydroxylation sites is 1. The third-order valence-electron chi connectivity index (χ3n) is 3.64. The number of carbonyl (C=O) groups excluding carboxylic acids is 1. The summed E-state index contributed by atoms with van der Waals surface area (Å²) in [7, 11) is 1.47. The molecule has 5 heteroatoms. The first-order valence-corrected chi connectivity index (χ1v) is 9.23. The Morgan fingerprint density at radius 1 is 0.963 bits per heavy atom. The number of aryl methyl sites for hydroxylation is 2. The van der Waals surface area contributed by atoms with E-state index in [0.29, 0.717) is 11.4 Å². The van der Waals surface area contributed by atoms with Gasteiger partial charge in [-0.15, -0.1) is 0 Å². The molecule has 1 aromatic heterocycles. The number of rotatable bonds is 3. The molecular weight excluding hydrogens is 341 g/mol. The normalized spacial score (nSPS) is 9.44. The van der Waals surface area contributed by atoms with E-state index < -0.39 is 11.9 Å². The number of anilines is 1. The molecule has 0 bridgehead atoms. The molecule has 144 valence electrons. The summed E-state index contributed by atoms with van der Waals surface area (Å²) in [6.45, 7) is 9.61. The highest BCUT2D eigenvalue weighted by molar-refractivity contribution is 6.07. The zero-order valence-electron chi connectivity index (χ0n) is 16.9. The first kappa shape index (κ1) is 22.1. The maximum atomic E-state index is 14.0. The SMILES string of the molecule is CC.CC.Cc1nn(C)c(F)c1C(=O)Nc1ccccc1-c1ccccc1. The molecule has 0 saturated carbocycles. The van der Waals surface area contributed by atoms with Gasteiger partial charge in [0.1, 0.15) is 5.56 Å². The Bertz CT molecular complexity index is 857. The van der Waals surface area contributed by atoms with Gasteiger partial charge in [0.25, 0.3) is 5.91 Å². The van der Waals surface area contributed by atoms with Crippen LogP contribution in [0, 0.1) is 12.9 Å². The van der Waals surface area contributed by atoms with Gasteiger partial charge in [-0.2, -0.15) is 9.49 Å². The van der Waals surface area contributed by atoms with Crippen molar-refractivity contribution < 1.29 is 9.18 Å². The molecule has 0 saturated heterocycles. The summed E-state index contributed by atoms with van der Waals surface area (Å²) < 4.78 is 15.1. The summed E-state index contributed by atoms with van der Waals surface area (Å²) in [5.41, 5.74) is 2.82. The largest absolute Gasteiger partial charge is 0.321 e. The second-order valence-electron chi connectivity index (χ2n) is 5.24. The number of nitrogens with one attached hydrogen (secondary N) is 1. The number of nitrogens with zero attached hydrogens (tertiary/aromatic N) is 2. The van der Waals surface area contributed by atoms with Gasteiger partial charge >= 0.3 is 0 Å². The highest BCUT2D eigenvalue weighted by atomic mass is 19.1. The number of hydrogen-bond donors (Lipinski definition) is 1. The van der Waals surface area contributed by atoms with Crippen LogP contribution in [0.25, 0.3) is 11.1 Å². The van der Waals surface area contributed by atoms with E-state index >= 15 is 0 Å². The number of amides is 1. The van der Waals surface area contributed by atoms with Gasteiger partial charge in [0, 0.05) is 18.3 Å². The van der Waals surface area contributed by atoms with Crippen molar-refractivity contribution in [3.63, 3.8) is 0 Å². The minimum absolute atomic E-state index is 0.0321. The van der Waals surface area contributed by atoms with E-state index in [1.54, 1.807) is 13.0 Å². The molecule has 0 aliphatic rings. The quantitative estimate of drug-likeness (QED) is 0.630. The van der Waals surface area contributed by atoms with Crippen LogP contribution in [0.1, 0.15) is 43.7 Å². The fourth-order valence-corrected chi connectivity index (χ4v) is 2.53. The molecular formula is C22H28FN3O. The summed E-state index contributed by atoms with van der Waals surface area (Å²) in [4.78, 5) is 12.4. The molecule has 0 unspecified atom stereocenters. The molecule has 1 amide bonds. The van der Waals surface area contributed by atoms with Crippen LogP contribution in [-0.4, -0.2) is 15.7 Å². The highest BCUT2D eigenvalue weighted by Crippen LogP contribution is 2.28. The van der Waals surface area contributed by atoms with Gasteiger partial charge in [0.15, 0.2) is 0 Å². The standard InChI is InChI=1S/C18H16FN3O.2C2H6/c1-12-16(17(19)22(2)21-12)18(23)20-15-11-7-6-10-14(15)13-8-4-3-5-9-13;2*1-2/h3-11H,1-2H3,(H,20,23);2*1-2H3. The fraction of sp³-hybridized carbons (Fsp3) is 0.273. The Kier molecular flexibility index (Phi) is 8.93. The van der Waals surface area contributed by atoms with Gasteiger partial charge < -0.3 is 5.32 Å². The van der Waals surface area contributed by atoms with Crippen molar-refractivity contribution >= 4 is 11.6 Å². The molecule has 2 aromatic carbocycles. The maximum absolute atomic E-state index is 14.0. The molecule has 0 fully saturated rings. The number of benzene rings is 2. The van der Waals surface area contributed by atoms with Crippen LogP contribution in [0.4, 0.5) is 10.1 Å². The Morgan fingerprint density at radius 3 is 2.07 bits per heavy atom. The molecule has 3 aromatic rings. The Labute approximate surface area is 161 Å². The minimum atomic E-state index is -0.641. The third kappa shape index (κ3) is 5.26. The Hall–Kier alpha value is -2.95. The van der Waals surface area contributed by atoms with Crippen LogP contribution >= 0.6 is 0 Å². The van der Waals surface area contributed by atoms with Crippen LogP contribution in [-0.2, 0) is 7.05 Å². The first-order chi connectivity index (χ1) is 13.1. The Balaban J connectivity index is 0.000000855. The second kappa shape index (κ2) is 10.9. The molecule has 0 aliphatic carbocycles. The van der Waals surface area contributed by atoms with Crippen molar-refractivity contribution in [2.75, 3.05) is 5.32 Å². The van der Waals surface area contributed by atoms with Crippen molar-refractivity contribution in [3.8, 4) is 11.1 Å². The highest BCUT2D eigenvalue weighted by Gasteiger charge is 2.21. The summed E-state index contributed by atoms with van der Waals surface area (Å²) in [6, 6.07) is 17.1. The van der Waals surface area contributed by atoms with Crippen molar-refractivity contribution in [1.29, 1.82) is 0 Å². The zero-order valence-corrected chi connectivity index (χ0v) is 16.9. The van der Waals surface area contributed by atoms with Crippen molar-refractivity contribution in [1.82, 2.24) is 9.78 Å². The molecule has 1 N–H and O–H groups in total. The summed E-state index contributed by atoms with van der Waals surface area (Å²) in [5, 5.41) is 6.72. The average molecular weight is 369 g/mol. The van der Waals surface area contributed by atoms with E-state index in [-0.39, 0.29) is 5.56 Å². The topological polar surface area (TPSA) is 46.9 Å². The molecule has 0 radical (unpaired) electrons. The lowest BCUT2D eigenvalue weighted by Crippen LogP contribution is -2.15. The van der Waals surface area contributed by atoms with Crippen LogP contribution in [0.5, 0.6) is 0 Å². The zero-order chi connectivity index (χ0) is 20.4. The summed E-state index contributed by atoms with van der Waals surface area (Å²) in [6.07, 6.45) is 0. The molecule has 1 heterocycles. The predicted octanol–water partition coefficient (Wildman–Crippen LogP) is 5.84. The van der Waals surface area contributed by atoms with Gasteiger partial charge in [-0.3, -0.25) is 4.79 Å². The maximum Gasteiger partial charge on any atom is 0.262 e. The predicted molar refractivity (Wildman–Crippen MR) is 110 cm³/mol. The van der Waals surface area contributed by atoms with Crippen molar-refractivity contribution in [2.45, 2.75) is 34.6 Å². The van der Waals surface area contributed by atoms with Crippen LogP contribution < -0.4 is 5.32 Å². The van der Waals surface area contributed by atoms with E-state index in [0.717, 1.165) is 15.8 Å². The summed E-state index contributed by atoms with van der Waals surface area (Å²) in [5.74, 6) is -1.14. The first-order valence-electron chi connectivity index (χ1n) is 9.23. The van der Waals surface area contributed by atoms with E-state index in [2.05, 4.69) is 10.4 Å². The second-order valence-corrected chi connectivity index (χ2v) is 5.24. The van der Waals surface area contributed by atoms with Gasteiger partial charge in [-0.25, -0.2) is 4.68 Å². The molecule has 4 nitrogen and oxygen atoms in total. The average Bonchev–Trinajstić information content (AvgIpc) is 2.97. The van der Waals surface area contributed by atoms with E-state index in [1.807, 2.05) is 76.2 Å². The molecule has 3 rings (SSSR count). The number of hydrogen-bond acceptors (Lipinski definition) is 2. The lowest BCUT2D eigenvalue weighted by molar-refractivity contribution is 0.102. The van der Waals surface area contributed by atoms with Crippen LogP contribution in [0.3, 0.4) is 0 Å². The van der Waals surface area contributed by atoms with Crippen molar-refractivity contribution in [2.24, 2.45) is 7.05 Å². The minimum Gasteiger partial charge on any atom is -0.321 e. The number of aromatic nitrogens is 2. The van der Waals surface area contributed by atoms with Gasteiger partial charge in [-0.05, 0) is 18.6 Å². The lowest BCUT2D eigenvalue weighted by Gasteiger charge is -2.11. The smallest absolute Gasteiger partial charge is 0.262 e. The Morgan fingerprint density at radius 2 is 1.52 bits per heavy atom. The molecule has 0 spiro atoms. The molecule has 27 heavy (non-hydrogen) atoms. The molecule has 0 aliphatic heterocycles. The molecule has 0 atom stereocenters. The number of carbonyl (C=O) groups is 1. The monoisotopic (exact) mass is 369 g/mol. The van der Waals surface area contributed by atoms with Gasteiger partial charge in [0.05, 0.1) is 5.69 Å². The van der Waals surface area contributed by atoms with E-state index in [4.69, 9.17) is 0 Å². The van der Waals surface area contributed by atoms with E-state index in [1.165, 1.54) is 7.05 Å². The van der Waals surface area contributed by atoms with Crippen LogP contribution in [0.15, 0.2) is 54.6 Å². The van der Waals surface area contributed by atoms with E-state index in [9.17, 15) is 9.18 Å². The third-order valence-corrected chi connectivity index (χ3v) is 3.64. The van der Waals surface area contributed by atoms with Gasteiger partial charge in [-0.1, -0.05) is 76.2 Å². The van der Waals surface area contributed by atoms with Gasteiger partial charge in [0.2, 0.25) is 5.95 Å². The van der Waals surface area contributed by atoms with Crippen molar-refractivity contribution in [3.05, 3.63) is 71.8 Å². The van der Waals surface area contributed by atoms with Crippen LogP contribution in [0.2, 0.25) is 0 Å². The fourth-order valence-electron chi connectivity index (χ4n) is 2.53. The number of halogens is 1. The summed E-state index contributed by atoms with van der Waals surface area (Å²) >= 11 is 0. The lowest BCUT2D eigenvalue weighted by atomic mass is 10.0.